The Kier molecular flexibility index (Phi) is 2.65. The monoisotopic (exact) mass is 245 g/mol. The van der Waals surface area contributed by atoms with Gasteiger partial charge in [0.1, 0.15) is 5.54 Å². The van der Waals surface area contributed by atoms with Crippen molar-refractivity contribution in [1.29, 1.82) is 0 Å². The van der Waals surface area contributed by atoms with Gasteiger partial charge in [0.2, 0.25) is 0 Å². The number of nitrogens with one attached hydrogen (secondary N) is 2. The van der Waals surface area contributed by atoms with Crippen LogP contribution in [0.4, 0.5) is 0 Å². The molecule has 0 radical (unpaired) electrons. The van der Waals surface area contributed by atoms with Crippen molar-refractivity contribution in [3.8, 4) is 0 Å². The van der Waals surface area contributed by atoms with Gasteiger partial charge in [-0.1, -0.05) is 6.92 Å². The maximum absolute atomic E-state index is 11.7. The molecule has 2 aliphatic heterocycles. The number of sulfone groups is 1. The van der Waals surface area contributed by atoms with E-state index in [1.165, 1.54) is 0 Å². The Morgan fingerprint density at radius 3 is 2.81 bits per heavy atom. The van der Waals surface area contributed by atoms with E-state index in [4.69, 9.17) is 0 Å². The third kappa shape index (κ3) is 1.91. The molecule has 90 valence electrons. The summed E-state index contributed by atoms with van der Waals surface area (Å²) >= 11 is 0. The molecular weight excluding hydrogens is 230 g/mol. The number of hydrogen-bond donors (Lipinski definition) is 2. The molecule has 0 aromatic carbocycles. The molecule has 1 unspecified atom stereocenters. The molecule has 7 heteroatoms. The number of carbonyl (C=O) groups excluding carboxylic acids is 1. The molecule has 2 rings (SSSR count). The molecule has 0 saturated carbocycles. The number of hydrogen-bond acceptors (Lipinski definition) is 4. The molecule has 0 bridgehead atoms. The number of guanidine groups is 1. The van der Waals surface area contributed by atoms with Crippen molar-refractivity contribution in [2.75, 3.05) is 18.1 Å². The highest BCUT2D eigenvalue weighted by atomic mass is 32.2. The second kappa shape index (κ2) is 3.73. The second-order valence-corrected chi connectivity index (χ2v) is 6.42. The Balaban J connectivity index is 2.17. The lowest BCUT2D eigenvalue weighted by Crippen LogP contribution is -2.47. The van der Waals surface area contributed by atoms with Crippen LogP contribution in [0.25, 0.3) is 0 Å². The predicted molar refractivity (Wildman–Crippen MR) is 59.9 cm³/mol. The Bertz CT molecular complexity index is 443. The SMILES string of the molecule is CCCN=C1NC(=O)C2(CCS(=O)(=O)C2)N1. The van der Waals surface area contributed by atoms with Crippen LogP contribution in [0.15, 0.2) is 4.99 Å². The zero-order chi connectivity index (χ0) is 11.8. The largest absolute Gasteiger partial charge is 0.341 e. The van der Waals surface area contributed by atoms with Crippen LogP contribution in [0, 0.1) is 0 Å². The van der Waals surface area contributed by atoms with Gasteiger partial charge in [0.15, 0.2) is 15.8 Å². The lowest BCUT2D eigenvalue weighted by Gasteiger charge is -2.17. The van der Waals surface area contributed by atoms with Gasteiger partial charge in [-0.25, -0.2) is 8.42 Å². The fraction of sp³-hybridized carbons (Fsp3) is 0.778. The van der Waals surface area contributed by atoms with Gasteiger partial charge in [-0.15, -0.1) is 0 Å². The fourth-order valence-corrected chi connectivity index (χ4v) is 3.87. The number of amides is 1. The number of carbonyl (C=O) groups is 1. The second-order valence-electron chi connectivity index (χ2n) is 4.23. The van der Waals surface area contributed by atoms with Crippen molar-refractivity contribution in [2.45, 2.75) is 25.3 Å². The summed E-state index contributed by atoms with van der Waals surface area (Å²) in [4.78, 5) is 15.9. The first-order valence-corrected chi connectivity index (χ1v) is 7.14. The van der Waals surface area contributed by atoms with Crippen molar-refractivity contribution < 1.29 is 13.2 Å². The first-order valence-electron chi connectivity index (χ1n) is 5.32. The molecular formula is C9H15N3O3S. The Morgan fingerprint density at radius 1 is 1.50 bits per heavy atom. The molecule has 2 N–H and O–H groups in total. The summed E-state index contributed by atoms with van der Waals surface area (Å²) in [6.07, 6.45) is 1.21. The minimum absolute atomic E-state index is 0.0640. The molecule has 1 amide bonds. The van der Waals surface area contributed by atoms with Crippen molar-refractivity contribution in [2.24, 2.45) is 4.99 Å². The molecule has 2 heterocycles. The maximum Gasteiger partial charge on any atom is 0.253 e. The van der Waals surface area contributed by atoms with E-state index < -0.39 is 15.4 Å². The van der Waals surface area contributed by atoms with Gasteiger partial charge in [0.05, 0.1) is 11.5 Å². The minimum atomic E-state index is -3.09. The van der Waals surface area contributed by atoms with Crippen molar-refractivity contribution in [3.63, 3.8) is 0 Å². The summed E-state index contributed by atoms with van der Waals surface area (Å²) in [6, 6.07) is 0. The summed E-state index contributed by atoms with van der Waals surface area (Å²) in [6.45, 7) is 2.60. The van der Waals surface area contributed by atoms with Gasteiger partial charge in [-0.2, -0.15) is 0 Å². The summed E-state index contributed by atoms with van der Waals surface area (Å²) in [5, 5.41) is 5.51. The highest BCUT2D eigenvalue weighted by molar-refractivity contribution is 7.91. The molecule has 2 saturated heterocycles. The van der Waals surface area contributed by atoms with Gasteiger partial charge >= 0.3 is 0 Å². The molecule has 6 nitrogen and oxygen atoms in total. The summed E-state index contributed by atoms with van der Waals surface area (Å²) in [5.41, 5.74) is -0.967. The van der Waals surface area contributed by atoms with E-state index in [-0.39, 0.29) is 17.4 Å². The summed E-state index contributed by atoms with van der Waals surface area (Å²) in [5.74, 6) is 0.0678. The van der Waals surface area contributed by atoms with Crippen LogP contribution in [-0.2, 0) is 14.6 Å². The van der Waals surface area contributed by atoms with Crippen molar-refractivity contribution in [3.05, 3.63) is 0 Å². The van der Waals surface area contributed by atoms with E-state index >= 15 is 0 Å². The topological polar surface area (TPSA) is 87.6 Å². The Hall–Kier alpha value is -1.11. The molecule has 2 fully saturated rings. The highest BCUT2D eigenvalue weighted by Crippen LogP contribution is 2.26. The van der Waals surface area contributed by atoms with E-state index in [9.17, 15) is 13.2 Å². The molecule has 1 spiro atoms. The average molecular weight is 245 g/mol. The van der Waals surface area contributed by atoms with Crippen molar-refractivity contribution in [1.82, 2.24) is 10.6 Å². The lowest BCUT2D eigenvalue weighted by atomic mass is 10.0. The molecule has 1 atom stereocenters. The number of nitrogens with zero attached hydrogens (tertiary/aromatic N) is 1. The van der Waals surface area contributed by atoms with E-state index in [1.807, 2.05) is 6.92 Å². The van der Waals surface area contributed by atoms with Crippen LogP contribution in [0.5, 0.6) is 0 Å². The van der Waals surface area contributed by atoms with Gasteiger partial charge < -0.3 is 5.32 Å². The van der Waals surface area contributed by atoms with E-state index in [0.717, 1.165) is 6.42 Å². The predicted octanol–water partition coefficient (Wildman–Crippen LogP) is -0.971. The van der Waals surface area contributed by atoms with Gasteiger partial charge in [0.25, 0.3) is 5.91 Å². The minimum Gasteiger partial charge on any atom is -0.341 e. The van der Waals surface area contributed by atoms with Gasteiger partial charge in [-0.3, -0.25) is 15.1 Å². The first kappa shape index (κ1) is 11.4. The molecule has 0 aromatic heterocycles. The van der Waals surface area contributed by atoms with Crippen LogP contribution in [0.2, 0.25) is 0 Å². The highest BCUT2D eigenvalue weighted by Gasteiger charge is 2.52. The van der Waals surface area contributed by atoms with Crippen LogP contribution >= 0.6 is 0 Å². The van der Waals surface area contributed by atoms with Crippen LogP contribution in [0.3, 0.4) is 0 Å². The average Bonchev–Trinajstić information content (AvgIpc) is 2.66. The standard InChI is InChI=1S/C9H15N3O3S/c1-2-4-10-8-11-7(13)9(12-8)3-5-16(14,15)6-9/h2-6H2,1H3,(H2,10,11,12,13). The molecule has 2 aliphatic rings. The summed E-state index contributed by atoms with van der Waals surface area (Å²) < 4.78 is 22.8. The zero-order valence-electron chi connectivity index (χ0n) is 9.12. The zero-order valence-corrected chi connectivity index (χ0v) is 9.93. The molecule has 0 aliphatic carbocycles. The number of aliphatic imine (C=N–C) groups is 1. The maximum atomic E-state index is 11.7. The Labute approximate surface area is 94.4 Å². The Morgan fingerprint density at radius 2 is 2.25 bits per heavy atom. The van der Waals surface area contributed by atoms with Crippen LogP contribution in [0.1, 0.15) is 19.8 Å². The van der Waals surface area contributed by atoms with E-state index in [2.05, 4.69) is 15.6 Å². The van der Waals surface area contributed by atoms with Crippen molar-refractivity contribution >= 4 is 21.7 Å². The van der Waals surface area contributed by atoms with Crippen LogP contribution in [-0.4, -0.2) is 43.9 Å². The third-order valence-electron chi connectivity index (χ3n) is 2.82. The summed E-state index contributed by atoms with van der Waals surface area (Å²) in [7, 11) is -3.09. The van der Waals surface area contributed by atoms with Gasteiger partial charge in [0, 0.05) is 6.54 Å². The van der Waals surface area contributed by atoms with Crippen LogP contribution < -0.4 is 10.6 Å². The molecule has 16 heavy (non-hydrogen) atoms. The smallest absolute Gasteiger partial charge is 0.253 e. The van der Waals surface area contributed by atoms with Gasteiger partial charge in [-0.05, 0) is 12.8 Å². The molecule has 0 aromatic rings. The van der Waals surface area contributed by atoms with E-state index in [0.29, 0.717) is 18.9 Å². The third-order valence-corrected chi connectivity index (χ3v) is 4.58. The first-order chi connectivity index (χ1) is 7.47. The number of rotatable bonds is 2. The quantitative estimate of drug-likeness (QED) is 0.655. The van der Waals surface area contributed by atoms with E-state index in [1.54, 1.807) is 0 Å². The lowest BCUT2D eigenvalue weighted by molar-refractivity contribution is -0.123. The normalized spacial score (nSPS) is 34.3. The fourth-order valence-electron chi connectivity index (χ4n) is 1.97.